The van der Waals surface area contributed by atoms with Crippen LogP contribution in [0.1, 0.15) is 26.2 Å². The Morgan fingerprint density at radius 1 is 1.40 bits per heavy atom. The van der Waals surface area contributed by atoms with Crippen LogP contribution >= 0.6 is 21.6 Å². The Kier molecular flexibility index (Phi) is 9.91. The number of carbonyl (C=O) groups excluding carboxylic acids is 2. The Hall–Kier alpha value is -0.570. The maximum absolute atomic E-state index is 11.5. The van der Waals surface area contributed by atoms with Crippen molar-refractivity contribution in [3.8, 4) is 0 Å². The minimum absolute atomic E-state index is 0.0260. The smallest absolute Gasteiger partial charge is 0.307 e. The summed E-state index contributed by atoms with van der Waals surface area (Å²) in [5, 5.41) is 18.0. The highest BCUT2D eigenvalue weighted by Gasteiger charge is 2.25. The third-order valence-electron chi connectivity index (χ3n) is 2.56. The van der Waals surface area contributed by atoms with Gasteiger partial charge >= 0.3 is 5.97 Å². The lowest BCUT2D eigenvalue weighted by Crippen LogP contribution is -2.47. The fourth-order valence-electron chi connectivity index (χ4n) is 1.27. The van der Waals surface area contributed by atoms with Gasteiger partial charge in [0.2, 0.25) is 0 Å². The first-order valence-electron chi connectivity index (χ1n) is 6.23. The van der Waals surface area contributed by atoms with Crippen LogP contribution in [0.2, 0.25) is 0 Å². The van der Waals surface area contributed by atoms with E-state index in [-0.39, 0.29) is 23.7 Å². The number of aliphatic carboxylic acids is 1. The molecule has 0 aliphatic rings. The molecular weight excluding hydrogens is 302 g/mol. The summed E-state index contributed by atoms with van der Waals surface area (Å²) in [5.74, 6) is -1.34. The number of carbonyl (C=O) groups is 3. The van der Waals surface area contributed by atoms with Gasteiger partial charge in [-0.05, 0) is 6.42 Å². The van der Waals surface area contributed by atoms with E-state index in [1.807, 2.05) is 6.92 Å². The normalized spacial score (nSPS) is 15.3. The molecule has 0 aromatic heterocycles. The zero-order valence-corrected chi connectivity index (χ0v) is 13.0. The topological polar surface area (TPSA) is 118 Å². The molecule has 0 aliphatic heterocycles. The van der Waals surface area contributed by atoms with Crippen LogP contribution in [0.25, 0.3) is 0 Å². The van der Waals surface area contributed by atoms with Gasteiger partial charge in [-0.2, -0.15) is 0 Å². The van der Waals surface area contributed by atoms with Gasteiger partial charge in [0.15, 0.2) is 0 Å². The largest absolute Gasteiger partial charge is 0.481 e. The van der Waals surface area contributed by atoms with Gasteiger partial charge in [0, 0.05) is 24.3 Å². The molecule has 8 heteroatoms. The Balaban J connectivity index is 4.13. The predicted molar refractivity (Wildman–Crippen MR) is 80.6 cm³/mol. The lowest BCUT2D eigenvalue weighted by Gasteiger charge is -2.19. The molecule has 2 atom stereocenters. The standard InChI is InChI=1S/C12H21NO5S2/c1-2-3-10(16)4-9(11(17)18)5-19-20-8-12(13,6-14)7-15/h6,9,15H,2-5,7-8,13H2,1H3,(H,17,18). The van der Waals surface area contributed by atoms with Gasteiger partial charge in [0.25, 0.3) is 0 Å². The average molecular weight is 323 g/mol. The zero-order chi connectivity index (χ0) is 15.6. The number of rotatable bonds is 12. The molecule has 6 nitrogen and oxygen atoms in total. The minimum atomic E-state index is -1.30. The van der Waals surface area contributed by atoms with E-state index in [9.17, 15) is 14.4 Å². The van der Waals surface area contributed by atoms with Gasteiger partial charge in [-0.15, -0.1) is 0 Å². The van der Waals surface area contributed by atoms with Crippen molar-refractivity contribution in [2.45, 2.75) is 31.7 Å². The zero-order valence-electron chi connectivity index (χ0n) is 11.4. The lowest BCUT2D eigenvalue weighted by molar-refractivity contribution is -0.142. The first-order chi connectivity index (χ1) is 9.38. The monoisotopic (exact) mass is 323 g/mol. The SMILES string of the molecule is CCCC(=O)CC(CSSCC(N)(C=O)CO)C(=O)O. The minimum Gasteiger partial charge on any atom is -0.481 e. The Bertz CT molecular complexity index is 340. The van der Waals surface area contributed by atoms with Gasteiger partial charge in [0.05, 0.1) is 12.5 Å². The number of Topliss-reactive ketones (excluding diaryl/α,β-unsaturated/α-hetero) is 1. The molecule has 0 saturated carbocycles. The highest BCUT2D eigenvalue weighted by molar-refractivity contribution is 8.76. The Labute approximate surface area is 126 Å². The molecule has 0 aromatic carbocycles. The molecular formula is C12H21NO5S2. The maximum atomic E-state index is 11.5. The summed E-state index contributed by atoms with van der Waals surface area (Å²) in [4.78, 5) is 33.2. The molecule has 20 heavy (non-hydrogen) atoms. The van der Waals surface area contributed by atoms with Crippen LogP contribution in [0, 0.1) is 5.92 Å². The fraction of sp³-hybridized carbons (Fsp3) is 0.750. The number of carboxylic acid groups (broad SMARTS) is 1. The third-order valence-corrected chi connectivity index (χ3v) is 5.18. The van der Waals surface area contributed by atoms with E-state index < -0.39 is 24.0 Å². The van der Waals surface area contributed by atoms with Gasteiger partial charge in [0.1, 0.15) is 17.6 Å². The summed E-state index contributed by atoms with van der Waals surface area (Å²) in [5.41, 5.74) is 4.27. The van der Waals surface area contributed by atoms with E-state index in [0.29, 0.717) is 19.1 Å². The van der Waals surface area contributed by atoms with Crippen molar-refractivity contribution in [2.75, 3.05) is 18.1 Å². The second-order valence-corrected chi connectivity index (χ2v) is 7.09. The summed E-state index contributed by atoms with van der Waals surface area (Å²) >= 11 is 0. The molecule has 0 saturated heterocycles. The highest BCUT2D eigenvalue weighted by atomic mass is 33.1. The number of ketones is 1. The van der Waals surface area contributed by atoms with Crippen LogP contribution in [0.4, 0.5) is 0 Å². The second kappa shape index (κ2) is 10.2. The molecule has 0 heterocycles. The Morgan fingerprint density at radius 2 is 2.05 bits per heavy atom. The third kappa shape index (κ3) is 7.88. The van der Waals surface area contributed by atoms with Crippen molar-refractivity contribution < 1.29 is 24.6 Å². The molecule has 0 fully saturated rings. The van der Waals surface area contributed by atoms with E-state index in [4.69, 9.17) is 15.9 Å². The number of nitrogens with two attached hydrogens (primary N) is 1. The lowest BCUT2D eigenvalue weighted by atomic mass is 10.0. The highest BCUT2D eigenvalue weighted by Crippen LogP contribution is 2.28. The van der Waals surface area contributed by atoms with Crippen molar-refractivity contribution in [3.63, 3.8) is 0 Å². The number of hydrogen-bond acceptors (Lipinski definition) is 7. The number of carboxylic acids is 1. The molecule has 0 aliphatic carbocycles. The molecule has 0 bridgehead atoms. The van der Waals surface area contributed by atoms with Crippen molar-refractivity contribution in [3.05, 3.63) is 0 Å². The van der Waals surface area contributed by atoms with Crippen LogP contribution in [-0.2, 0) is 14.4 Å². The van der Waals surface area contributed by atoms with Crippen LogP contribution < -0.4 is 5.73 Å². The van der Waals surface area contributed by atoms with E-state index in [1.54, 1.807) is 0 Å². The molecule has 0 radical (unpaired) electrons. The van der Waals surface area contributed by atoms with Crippen LogP contribution in [-0.4, -0.2) is 51.9 Å². The van der Waals surface area contributed by atoms with Crippen molar-refractivity contribution in [1.82, 2.24) is 0 Å². The van der Waals surface area contributed by atoms with Crippen LogP contribution in [0.15, 0.2) is 0 Å². The molecule has 0 spiro atoms. The summed E-state index contributed by atoms with van der Waals surface area (Å²) in [6.45, 7) is 1.41. The van der Waals surface area contributed by atoms with E-state index >= 15 is 0 Å². The predicted octanol–water partition coefficient (Wildman–Crippen LogP) is 0.717. The summed E-state index contributed by atoms with van der Waals surface area (Å²) < 4.78 is 0. The average Bonchev–Trinajstić information content (AvgIpc) is 2.42. The van der Waals surface area contributed by atoms with Crippen LogP contribution in [0.3, 0.4) is 0 Å². The molecule has 116 valence electrons. The molecule has 0 rings (SSSR count). The summed E-state index contributed by atoms with van der Waals surface area (Å²) in [7, 11) is 2.46. The number of aliphatic hydroxyl groups is 1. The van der Waals surface area contributed by atoms with Gasteiger partial charge in [-0.3, -0.25) is 9.59 Å². The maximum Gasteiger partial charge on any atom is 0.307 e. The van der Waals surface area contributed by atoms with E-state index in [2.05, 4.69) is 0 Å². The number of hydrogen-bond donors (Lipinski definition) is 3. The Morgan fingerprint density at radius 3 is 2.50 bits per heavy atom. The quantitative estimate of drug-likeness (QED) is 0.273. The van der Waals surface area contributed by atoms with Gasteiger partial charge < -0.3 is 20.7 Å². The van der Waals surface area contributed by atoms with Crippen molar-refractivity contribution >= 4 is 39.6 Å². The van der Waals surface area contributed by atoms with E-state index in [1.165, 1.54) is 21.6 Å². The number of aliphatic hydroxyl groups excluding tert-OH is 1. The molecule has 0 amide bonds. The van der Waals surface area contributed by atoms with Gasteiger partial charge in [-0.1, -0.05) is 28.5 Å². The summed E-state index contributed by atoms with van der Waals surface area (Å²) in [6, 6.07) is 0. The van der Waals surface area contributed by atoms with Crippen molar-refractivity contribution in [1.29, 1.82) is 0 Å². The first-order valence-corrected chi connectivity index (χ1v) is 8.72. The van der Waals surface area contributed by atoms with Crippen molar-refractivity contribution in [2.24, 2.45) is 11.7 Å². The van der Waals surface area contributed by atoms with Crippen LogP contribution in [0.5, 0.6) is 0 Å². The summed E-state index contributed by atoms with van der Waals surface area (Å²) in [6.07, 6.45) is 1.61. The van der Waals surface area contributed by atoms with E-state index in [0.717, 1.165) is 0 Å². The fourth-order valence-corrected chi connectivity index (χ4v) is 3.94. The first kappa shape index (κ1) is 19.4. The molecule has 2 unspecified atom stereocenters. The number of aldehydes is 1. The molecule has 0 aromatic rings. The second-order valence-electron chi connectivity index (χ2n) is 4.58. The molecule has 4 N–H and O–H groups in total. The van der Waals surface area contributed by atoms with Gasteiger partial charge in [-0.25, -0.2) is 0 Å².